The number of likely N-dealkylation sites (tertiary alicyclic amines) is 1. The van der Waals surface area contributed by atoms with E-state index in [9.17, 15) is 5.11 Å². The molecule has 0 spiro atoms. The third-order valence-corrected chi connectivity index (χ3v) is 4.88. The Morgan fingerprint density at radius 1 is 1.33 bits per heavy atom. The van der Waals surface area contributed by atoms with Gasteiger partial charge in [-0.25, -0.2) is 0 Å². The van der Waals surface area contributed by atoms with Gasteiger partial charge in [-0.3, -0.25) is 0 Å². The second kappa shape index (κ2) is 6.36. The molecule has 1 saturated carbocycles. The highest BCUT2D eigenvalue weighted by Gasteiger charge is 2.36. The van der Waals surface area contributed by atoms with Crippen molar-refractivity contribution in [1.82, 2.24) is 4.90 Å². The summed E-state index contributed by atoms with van der Waals surface area (Å²) in [7, 11) is 1.82. The highest BCUT2D eigenvalue weighted by molar-refractivity contribution is 4.89. The molecule has 0 aromatic heterocycles. The predicted octanol–water partition coefficient (Wildman–Crippen LogP) is 2.29. The first-order valence-electron chi connectivity index (χ1n) is 7.53. The summed E-state index contributed by atoms with van der Waals surface area (Å²) in [5.41, 5.74) is 0.160. The van der Waals surface area contributed by atoms with Crippen molar-refractivity contribution >= 4 is 0 Å². The van der Waals surface area contributed by atoms with Crippen LogP contribution >= 0.6 is 0 Å². The van der Waals surface area contributed by atoms with Gasteiger partial charge in [-0.15, -0.1) is 0 Å². The molecule has 1 heterocycles. The van der Waals surface area contributed by atoms with Crippen LogP contribution in [0.15, 0.2) is 0 Å². The van der Waals surface area contributed by atoms with Gasteiger partial charge in [0.15, 0.2) is 0 Å². The topological polar surface area (TPSA) is 32.7 Å². The van der Waals surface area contributed by atoms with Crippen LogP contribution in [-0.2, 0) is 4.74 Å². The minimum atomic E-state index is 0.160. The molecule has 0 radical (unpaired) electrons. The van der Waals surface area contributed by atoms with Crippen molar-refractivity contribution in [3.8, 4) is 0 Å². The minimum absolute atomic E-state index is 0.160. The Morgan fingerprint density at radius 3 is 2.83 bits per heavy atom. The molecule has 2 rings (SSSR count). The Morgan fingerprint density at radius 2 is 2.17 bits per heavy atom. The highest BCUT2D eigenvalue weighted by atomic mass is 16.5. The van der Waals surface area contributed by atoms with Crippen LogP contribution in [0.25, 0.3) is 0 Å². The maximum atomic E-state index is 9.86. The second-order valence-electron chi connectivity index (χ2n) is 6.59. The van der Waals surface area contributed by atoms with Crippen LogP contribution in [0, 0.1) is 11.3 Å². The standard InChI is InChI=1S/C15H29NO2/c1-13-5-3-7-15(9-13,12-17)11-16-8-4-6-14(10-16)18-2/h13-14,17H,3-12H2,1-2H3. The molecule has 3 atom stereocenters. The van der Waals surface area contributed by atoms with Gasteiger partial charge in [-0.1, -0.05) is 19.8 Å². The summed E-state index contributed by atoms with van der Waals surface area (Å²) in [5.74, 6) is 0.772. The maximum absolute atomic E-state index is 9.86. The van der Waals surface area contributed by atoms with E-state index in [0.29, 0.717) is 12.7 Å². The van der Waals surface area contributed by atoms with E-state index in [2.05, 4.69) is 11.8 Å². The Bertz CT molecular complexity index is 259. The van der Waals surface area contributed by atoms with Crippen LogP contribution in [0.5, 0.6) is 0 Å². The molecule has 0 bridgehead atoms. The summed E-state index contributed by atoms with van der Waals surface area (Å²) in [4.78, 5) is 2.52. The lowest BCUT2D eigenvalue weighted by Gasteiger charge is -2.44. The molecule has 2 fully saturated rings. The van der Waals surface area contributed by atoms with Gasteiger partial charge in [0.2, 0.25) is 0 Å². The number of aliphatic hydroxyl groups is 1. The number of piperidine rings is 1. The predicted molar refractivity (Wildman–Crippen MR) is 73.6 cm³/mol. The normalized spacial score (nSPS) is 38.8. The molecule has 106 valence electrons. The first-order chi connectivity index (χ1) is 8.67. The molecule has 0 amide bonds. The summed E-state index contributed by atoms with van der Waals surface area (Å²) >= 11 is 0. The lowest BCUT2D eigenvalue weighted by Crippen LogP contribution is -2.48. The van der Waals surface area contributed by atoms with Crippen molar-refractivity contribution < 1.29 is 9.84 Å². The molecule has 1 aliphatic heterocycles. The fourth-order valence-corrected chi connectivity index (χ4v) is 3.93. The molecular weight excluding hydrogens is 226 g/mol. The van der Waals surface area contributed by atoms with Crippen LogP contribution in [-0.4, -0.2) is 49.5 Å². The summed E-state index contributed by atoms with van der Waals surface area (Å²) in [5, 5.41) is 9.86. The monoisotopic (exact) mass is 255 g/mol. The summed E-state index contributed by atoms with van der Waals surface area (Å²) in [6, 6.07) is 0. The van der Waals surface area contributed by atoms with E-state index < -0.39 is 0 Å². The Hall–Kier alpha value is -0.120. The number of methoxy groups -OCH3 is 1. The van der Waals surface area contributed by atoms with Gasteiger partial charge in [0, 0.05) is 32.2 Å². The van der Waals surface area contributed by atoms with Gasteiger partial charge in [0.1, 0.15) is 0 Å². The van der Waals surface area contributed by atoms with Gasteiger partial charge in [0.05, 0.1) is 6.10 Å². The average Bonchev–Trinajstić information content (AvgIpc) is 2.39. The van der Waals surface area contributed by atoms with Crippen LogP contribution in [0.1, 0.15) is 45.4 Å². The van der Waals surface area contributed by atoms with Crippen molar-refractivity contribution in [3.05, 3.63) is 0 Å². The lowest BCUT2D eigenvalue weighted by molar-refractivity contribution is -0.0172. The van der Waals surface area contributed by atoms with Gasteiger partial charge in [0.25, 0.3) is 0 Å². The summed E-state index contributed by atoms with van der Waals surface area (Å²) in [6.07, 6.45) is 7.83. The Balaban J connectivity index is 1.92. The van der Waals surface area contributed by atoms with Crippen molar-refractivity contribution in [2.24, 2.45) is 11.3 Å². The number of rotatable bonds is 4. The molecular formula is C15H29NO2. The molecule has 1 saturated heterocycles. The Labute approximate surface area is 112 Å². The van der Waals surface area contributed by atoms with Crippen molar-refractivity contribution in [1.29, 1.82) is 0 Å². The lowest BCUT2D eigenvalue weighted by atomic mass is 9.70. The van der Waals surface area contributed by atoms with Crippen molar-refractivity contribution in [3.63, 3.8) is 0 Å². The molecule has 1 aliphatic carbocycles. The van der Waals surface area contributed by atoms with E-state index in [1.807, 2.05) is 7.11 Å². The van der Waals surface area contributed by atoms with E-state index >= 15 is 0 Å². The van der Waals surface area contributed by atoms with E-state index in [1.54, 1.807) is 0 Å². The average molecular weight is 255 g/mol. The van der Waals surface area contributed by atoms with Crippen LogP contribution < -0.4 is 0 Å². The van der Waals surface area contributed by atoms with Crippen LogP contribution in [0.4, 0.5) is 0 Å². The fraction of sp³-hybridized carbons (Fsp3) is 1.00. The number of nitrogens with zero attached hydrogens (tertiary/aromatic N) is 1. The summed E-state index contributed by atoms with van der Waals surface area (Å²) < 4.78 is 5.49. The van der Waals surface area contributed by atoms with E-state index in [0.717, 1.165) is 19.0 Å². The maximum Gasteiger partial charge on any atom is 0.0698 e. The van der Waals surface area contributed by atoms with E-state index in [1.165, 1.54) is 45.1 Å². The molecule has 0 aromatic carbocycles. The number of hydrogen-bond donors (Lipinski definition) is 1. The molecule has 3 unspecified atom stereocenters. The quantitative estimate of drug-likeness (QED) is 0.836. The number of hydrogen-bond acceptors (Lipinski definition) is 3. The SMILES string of the molecule is COC1CCCN(CC2(CO)CCCC(C)C2)C1. The van der Waals surface area contributed by atoms with E-state index in [4.69, 9.17) is 4.74 Å². The molecule has 0 aromatic rings. The van der Waals surface area contributed by atoms with E-state index in [-0.39, 0.29) is 5.41 Å². The largest absolute Gasteiger partial charge is 0.396 e. The van der Waals surface area contributed by atoms with Crippen LogP contribution in [0.3, 0.4) is 0 Å². The first-order valence-corrected chi connectivity index (χ1v) is 7.53. The van der Waals surface area contributed by atoms with Gasteiger partial charge >= 0.3 is 0 Å². The zero-order valence-corrected chi connectivity index (χ0v) is 12.0. The fourth-order valence-electron chi connectivity index (χ4n) is 3.93. The molecule has 18 heavy (non-hydrogen) atoms. The third kappa shape index (κ3) is 3.46. The number of aliphatic hydroxyl groups excluding tert-OH is 1. The molecule has 2 aliphatic rings. The van der Waals surface area contributed by atoms with Crippen molar-refractivity contribution in [2.45, 2.75) is 51.6 Å². The van der Waals surface area contributed by atoms with Gasteiger partial charge < -0.3 is 14.7 Å². The molecule has 1 N–H and O–H groups in total. The zero-order valence-electron chi connectivity index (χ0n) is 12.0. The highest BCUT2D eigenvalue weighted by Crippen LogP contribution is 2.40. The minimum Gasteiger partial charge on any atom is -0.396 e. The van der Waals surface area contributed by atoms with Crippen molar-refractivity contribution in [2.75, 3.05) is 33.4 Å². The zero-order chi connectivity index (χ0) is 13.0. The Kier molecular flexibility index (Phi) is 5.05. The van der Waals surface area contributed by atoms with Gasteiger partial charge in [-0.2, -0.15) is 0 Å². The first kappa shape index (κ1) is 14.3. The third-order valence-electron chi connectivity index (χ3n) is 4.88. The van der Waals surface area contributed by atoms with Gasteiger partial charge in [-0.05, 0) is 38.1 Å². The molecule has 3 nitrogen and oxygen atoms in total. The smallest absolute Gasteiger partial charge is 0.0698 e. The number of ether oxygens (including phenoxy) is 1. The van der Waals surface area contributed by atoms with Crippen LogP contribution in [0.2, 0.25) is 0 Å². The molecule has 3 heteroatoms. The second-order valence-corrected chi connectivity index (χ2v) is 6.59. The summed E-state index contributed by atoms with van der Waals surface area (Å²) in [6.45, 7) is 5.97.